The van der Waals surface area contributed by atoms with Gasteiger partial charge in [0, 0.05) is 25.7 Å². The minimum absolute atomic E-state index is 0.234. The second-order valence-electron chi connectivity index (χ2n) is 6.11. The Morgan fingerprint density at radius 2 is 1.92 bits per heavy atom. The fourth-order valence-corrected chi connectivity index (χ4v) is 2.70. The van der Waals surface area contributed by atoms with E-state index < -0.39 is 0 Å². The lowest BCUT2D eigenvalue weighted by atomic mass is 9.78. The quantitative estimate of drug-likeness (QED) is 0.827. The molecular weight excluding hydrogens is 298 g/mol. The van der Waals surface area contributed by atoms with Gasteiger partial charge in [0.15, 0.2) is 0 Å². The highest BCUT2D eigenvalue weighted by atomic mass is 16.1. The first-order chi connectivity index (χ1) is 11.6. The van der Waals surface area contributed by atoms with Crippen molar-refractivity contribution in [1.82, 2.24) is 4.90 Å². The van der Waals surface area contributed by atoms with Crippen LogP contribution in [0.25, 0.3) is 0 Å². The largest absolute Gasteiger partial charge is 0.388 e. The smallest absolute Gasteiger partial charge is 0.116 e. The van der Waals surface area contributed by atoms with Crippen LogP contribution in [0.5, 0.6) is 0 Å². The molecule has 0 unspecified atom stereocenters. The topological polar surface area (TPSA) is 56.1 Å². The molecule has 1 fully saturated rings. The SMILES string of the molecule is CC.CC=O.CNc1cccc(CN2CCC(C)(CC#N)CC2)c1. The van der Waals surface area contributed by atoms with Gasteiger partial charge in [0.05, 0.1) is 6.07 Å². The Labute approximate surface area is 147 Å². The lowest BCUT2D eigenvalue weighted by Gasteiger charge is -2.38. The minimum atomic E-state index is 0.234. The van der Waals surface area contributed by atoms with Crippen LogP contribution < -0.4 is 5.32 Å². The van der Waals surface area contributed by atoms with Crippen molar-refractivity contribution in [2.75, 3.05) is 25.5 Å². The second kappa shape index (κ2) is 12.5. The summed E-state index contributed by atoms with van der Waals surface area (Å²) in [6.45, 7) is 10.9. The first kappa shape index (κ1) is 22.1. The van der Waals surface area contributed by atoms with Crippen LogP contribution in [-0.4, -0.2) is 31.3 Å². The van der Waals surface area contributed by atoms with E-state index >= 15 is 0 Å². The van der Waals surface area contributed by atoms with Gasteiger partial charge in [-0.3, -0.25) is 4.90 Å². The van der Waals surface area contributed by atoms with Crippen molar-refractivity contribution in [3.05, 3.63) is 29.8 Å². The summed E-state index contributed by atoms with van der Waals surface area (Å²) < 4.78 is 0. The fourth-order valence-electron chi connectivity index (χ4n) is 2.70. The predicted octanol–water partition coefficient (Wildman–Crippen LogP) is 4.48. The van der Waals surface area contributed by atoms with Crippen LogP contribution in [0.3, 0.4) is 0 Å². The number of benzene rings is 1. The third-order valence-electron chi connectivity index (χ3n) is 4.19. The number of piperidine rings is 1. The van der Waals surface area contributed by atoms with Crippen LogP contribution in [0.15, 0.2) is 24.3 Å². The summed E-state index contributed by atoms with van der Waals surface area (Å²) in [5.41, 5.74) is 2.76. The van der Waals surface area contributed by atoms with E-state index in [4.69, 9.17) is 10.1 Å². The van der Waals surface area contributed by atoms with Gasteiger partial charge in [0.2, 0.25) is 0 Å². The lowest BCUT2D eigenvalue weighted by molar-refractivity contribution is -0.106. The van der Waals surface area contributed by atoms with Gasteiger partial charge in [-0.2, -0.15) is 5.26 Å². The molecule has 1 N–H and O–H groups in total. The van der Waals surface area contributed by atoms with Crippen LogP contribution in [0.4, 0.5) is 5.69 Å². The molecule has 0 spiro atoms. The molecule has 0 atom stereocenters. The van der Waals surface area contributed by atoms with Crippen molar-refractivity contribution in [2.24, 2.45) is 5.41 Å². The maximum Gasteiger partial charge on any atom is 0.116 e. The van der Waals surface area contributed by atoms with Gasteiger partial charge >= 0.3 is 0 Å². The van der Waals surface area contributed by atoms with E-state index in [1.165, 1.54) is 18.2 Å². The summed E-state index contributed by atoms with van der Waals surface area (Å²) in [7, 11) is 1.95. The zero-order valence-electron chi connectivity index (χ0n) is 15.9. The van der Waals surface area contributed by atoms with Crippen LogP contribution in [0.2, 0.25) is 0 Å². The Balaban J connectivity index is 0.000000952. The average Bonchev–Trinajstić information content (AvgIpc) is 2.60. The van der Waals surface area contributed by atoms with Gasteiger partial charge in [-0.1, -0.05) is 32.9 Å². The third kappa shape index (κ3) is 8.12. The van der Waals surface area contributed by atoms with Gasteiger partial charge in [-0.25, -0.2) is 0 Å². The average molecular weight is 332 g/mol. The highest BCUT2D eigenvalue weighted by molar-refractivity contribution is 5.45. The molecule has 1 heterocycles. The number of nitrogens with zero attached hydrogens (tertiary/aromatic N) is 2. The minimum Gasteiger partial charge on any atom is -0.388 e. The number of likely N-dealkylation sites (tertiary alicyclic amines) is 1. The van der Waals surface area contributed by atoms with Crippen molar-refractivity contribution in [3.8, 4) is 6.07 Å². The Bertz CT molecular complexity index is 500. The number of anilines is 1. The lowest BCUT2D eigenvalue weighted by Crippen LogP contribution is -2.38. The van der Waals surface area contributed by atoms with E-state index in [2.05, 4.69) is 47.5 Å². The maximum atomic E-state index is 8.87. The zero-order valence-corrected chi connectivity index (χ0v) is 15.9. The van der Waals surface area contributed by atoms with E-state index in [0.29, 0.717) is 6.42 Å². The van der Waals surface area contributed by atoms with E-state index in [0.717, 1.165) is 38.8 Å². The Morgan fingerprint density at radius 1 is 1.33 bits per heavy atom. The molecule has 0 bridgehead atoms. The fraction of sp³-hybridized carbons (Fsp3) is 0.600. The van der Waals surface area contributed by atoms with E-state index in [1.54, 1.807) is 0 Å². The first-order valence-corrected chi connectivity index (χ1v) is 8.82. The Hall–Kier alpha value is -1.86. The molecular formula is C20H33N3O. The Kier molecular flexibility index (Phi) is 11.6. The van der Waals surface area contributed by atoms with Gasteiger partial charge in [-0.15, -0.1) is 0 Å². The number of carbonyl (C=O) groups is 1. The molecule has 0 aliphatic carbocycles. The molecule has 134 valence electrons. The number of hydrogen-bond acceptors (Lipinski definition) is 4. The molecule has 0 amide bonds. The molecule has 1 aliphatic heterocycles. The van der Waals surface area contributed by atoms with Crippen molar-refractivity contribution in [1.29, 1.82) is 5.26 Å². The number of rotatable bonds is 4. The molecule has 4 heteroatoms. The summed E-state index contributed by atoms with van der Waals surface area (Å²) in [5.74, 6) is 0. The van der Waals surface area contributed by atoms with Crippen LogP contribution in [0.1, 0.15) is 52.5 Å². The van der Waals surface area contributed by atoms with Gasteiger partial charge < -0.3 is 10.1 Å². The monoisotopic (exact) mass is 331 g/mol. The van der Waals surface area contributed by atoms with Crippen molar-refractivity contribution in [2.45, 2.75) is 53.5 Å². The maximum absolute atomic E-state index is 8.87. The predicted molar refractivity (Wildman–Crippen MR) is 102 cm³/mol. The molecule has 1 aromatic rings. The van der Waals surface area contributed by atoms with E-state index in [1.807, 2.05) is 20.9 Å². The van der Waals surface area contributed by atoms with Gasteiger partial charge in [-0.05, 0) is 56.0 Å². The van der Waals surface area contributed by atoms with Crippen LogP contribution in [-0.2, 0) is 11.3 Å². The highest BCUT2D eigenvalue weighted by Crippen LogP contribution is 2.34. The summed E-state index contributed by atoms with van der Waals surface area (Å²) >= 11 is 0. The van der Waals surface area contributed by atoms with Crippen molar-refractivity contribution < 1.29 is 4.79 Å². The first-order valence-electron chi connectivity index (χ1n) is 8.82. The molecule has 0 radical (unpaired) electrons. The standard InChI is InChI=1S/C16H23N3.C2H4O.C2H6/c1-16(6-9-17)7-10-19(11-8-16)13-14-4-3-5-15(12-14)18-2;1-2-3;1-2/h3-5,12,18H,6-8,10-11,13H2,1-2H3;2H,1H3;1-2H3. The zero-order chi connectivity index (χ0) is 18.4. The van der Waals surface area contributed by atoms with Crippen molar-refractivity contribution >= 4 is 12.0 Å². The number of carbonyl (C=O) groups excluding carboxylic acids is 1. The van der Waals surface area contributed by atoms with Crippen molar-refractivity contribution in [3.63, 3.8) is 0 Å². The third-order valence-corrected chi connectivity index (χ3v) is 4.19. The van der Waals surface area contributed by atoms with Gasteiger partial charge in [0.25, 0.3) is 0 Å². The van der Waals surface area contributed by atoms with Gasteiger partial charge in [0.1, 0.15) is 6.29 Å². The Morgan fingerprint density at radius 3 is 2.42 bits per heavy atom. The molecule has 24 heavy (non-hydrogen) atoms. The van der Waals surface area contributed by atoms with Crippen LogP contribution >= 0.6 is 0 Å². The molecule has 2 rings (SSSR count). The second-order valence-corrected chi connectivity index (χ2v) is 6.11. The highest BCUT2D eigenvalue weighted by Gasteiger charge is 2.29. The molecule has 0 aromatic heterocycles. The number of hydrogen-bond donors (Lipinski definition) is 1. The molecule has 1 saturated heterocycles. The summed E-state index contributed by atoms with van der Waals surface area (Å²) in [5, 5.41) is 12.1. The number of nitrogens with one attached hydrogen (secondary N) is 1. The number of aldehydes is 1. The summed E-state index contributed by atoms with van der Waals surface area (Å²) in [6, 6.07) is 10.9. The van der Waals surface area contributed by atoms with E-state index in [-0.39, 0.29) is 5.41 Å². The molecule has 0 saturated carbocycles. The molecule has 4 nitrogen and oxygen atoms in total. The normalized spacial score (nSPS) is 15.7. The van der Waals surface area contributed by atoms with E-state index in [9.17, 15) is 0 Å². The summed E-state index contributed by atoms with van der Waals surface area (Å²) in [6.07, 6.45) is 3.70. The molecule has 1 aromatic carbocycles. The molecule has 1 aliphatic rings. The van der Waals surface area contributed by atoms with Crippen LogP contribution in [0, 0.1) is 16.7 Å². The number of nitriles is 1. The summed E-state index contributed by atoms with van der Waals surface area (Å²) in [4.78, 5) is 11.3.